The lowest BCUT2D eigenvalue weighted by molar-refractivity contribution is 0.955. The van der Waals surface area contributed by atoms with Crippen LogP contribution in [0.15, 0.2) is 243 Å². The molecular formula is C63H40N6. The van der Waals surface area contributed by atoms with E-state index in [0.29, 0.717) is 17.6 Å². The van der Waals surface area contributed by atoms with Gasteiger partial charge in [-0.25, -0.2) is 4.98 Å². The van der Waals surface area contributed by atoms with Crippen LogP contribution in [-0.2, 0) is 0 Å². The summed E-state index contributed by atoms with van der Waals surface area (Å²) in [6.45, 7) is 0. The van der Waals surface area contributed by atoms with Crippen molar-refractivity contribution in [1.82, 2.24) is 28.7 Å². The van der Waals surface area contributed by atoms with Gasteiger partial charge in [-0.15, -0.1) is 0 Å². The van der Waals surface area contributed by atoms with Gasteiger partial charge in [-0.05, 0) is 70.8 Å². The van der Waals surface area contributed by atoms with Crippen molar-refractivity contribution < 1.29 is 0 Å². The fourth-order valence-electron chi connectivity index (χ4n) is 10.6. The molecule has 4 heterocycles. The van der Waals surface area contributed by atoms with Crippen LogP contribution in [0.5, 0.6) is 0 Å². The molecule has 0 unspecified atom stereocenters. The molecule has 0 saturated carbocycles. The van der Waals surface area contributed by atoms with Crippen LogP contribution in [-0.4, -0.2) is 28.7 Å². The van der Waals surface area contributed by atoms with E-state index in [1.807, 2.05) is 24.3 Å². The lowest BCUT2D eigenvalue weighted by Gasteiger charge is -2.16. The predicted octanol–water partition coefficient (Wildman–Crippen LogP) is 15.8. The second kappa shape index (κ2) is 15.6. The average molecular weight is 881 g/mol. The van der Waals surface area contributed by atoms with Crippen LogP contribution in [0.3, 0.4) is 0 Å². The first-order valence-corrected chi connectivity index (χ1v) is 23.4. The number of rotatable bonds is 7. The second-order valence-corrected chi connectivity index (χ2v) is 17.6. The summed E-state index contributed by atoms with van der Waals surface area (Å²) >= 11 is 0. The summed E-state index contributed by atoms with van der Waals surface area (Å²) in [4.78, 5) is 16.1. The number of hydrogen-bond acceptors (Lipinski definition) is 3. The van der Waals surface area contributed by atoms with Crippen molar-refractivity contribution in [2.75, 3.05) is 0 Å². The Hall–Kier alpha value is -9.39. The van der Waals surface area contributed by atoms with E-state index in [1.54, 1.807) is 0 Å². The minimum absolute atomic E-state index is 0.546. The Morgan fingerprint density at radius 2 is 0.696 bits per heavy atom. The molecule has 69 heavy (non-hydrogen) atoms. The Bertz CT molecular complexity index is 4230. The maximum atomic E-state index is 5.48. The van der Waals surface area contributed by atoms with Crippen molar-refractivity contribution in [2.24, 2.45) is 0 Å². The predicted molar refractivity (Wildman–Crippen MR) is 285 cm³/mol. The Balaban J connectivity index is 1.14. The minimum Gasteiger partial charge on any atom is -0.307 e. The Labute approximate surface area is 397 Å². The molecule has 0 radical (unpaired) electrons. The van der Waals surface area contributed by atoms with Gasteiger partial charge in [-0.1, -0.05) is 194 Å². The summed E-state index contributed by atoms with van der Waals surface area (Å²) in [5, 5.41) is 6.87. The van der Waals surface area contributed by atoms with Gasteiger partial charge in [0.05, 0.1) is 38.8 Å². The van der Waals surface area contributed by atoms with E-state index < -0.39 is 0 Å². The zero-order valence-electron chi connectivity index (χ0n) is 37.3. The first-order chi connectivity index (χ1) is 34.2. The molecule has 0 bridgehead atoms. The molecule has 6 heteroatoms. The maximum Gasteiger partial charge on any atom is 0.238 e. The summed E-state index contributed by atoms with van der Waals surface area (Å²) in [5.41, 5.74) is 15.1. The van der Waals surface area contributed by atoms with Crippen LogP contribution in [0.1, 0.15) is 0 Å². The van der Waals surface area contributed by atoms with Crippen molar-refractivity contribution in [1.29, 1.82) is 0 Å². The van der Waals surface area contributed by atoms with Crippen LogP contribution >= 0.6 is 0 Å². The Morgan fingerprint density at radius 3 is 1.30 bits per heavy atom. The third-order valence-corrected chi connectivity index (χ3v) is 13.7. The van der Waals surface area contributed by atoms with E-state index in [2.05, 4.69) is 232 Å². The van der Waals surface area contributed by atoms with Crippen molar-refractivity contribution in [3.63, 3.8) is 0 Å². The van der Waals surface area contributed by atoms with E-state index in [4.69, 9.17) is 15.0 Å². The number of nitrogens with zero attached hydrogens (tertiary/aromatic N) is 6. The fraction of sp³-hybridized carbons (Fsp3) is 0. The van der Waals surface area contributed by atoms with Gasteiger partial charge in [0.2, 0.25) is 5.95 Å². The largest absolute Gasteiger partial charge is 0.307 e. The van der Waals surface area contributed by atoms with Gasteiger partial charge in [0, 0.05) is 49.1 Å². The molecule has 0 saturated heterocycles. The Morgan fingerprint density at radius 1 is 0.261 bits per heavy atom. The first kappa shape index (κ1) is 38.8. The van der Waals surface area contributed by atoms with Gasteiger partial charge in [-0.2, -0.15) is 9.97 Å². The van der Waals surface area contributed by atoms with E-state index in [-0.39, 0.29) is 0 Å². The number of benzene rings is 10. The normalized spacial score (nSPS) is 11.8. The molecule has 4 aromatic heterocycles. The second-order valence-electron chi connectivity index (χ2n) is 17.6. The number of para-hydroxylation sites is 4. The topological polar surface area (TPSA) is 53.5 Å². The van der Waals surface area contributed by atoms with Crippen LogP contribution in [0.2, 0.25) is 0 Å². The van der Waals surface area contributed by atoms with Crippen molar-refractivity contribution in [2.45, 2.75) is 0 Å². The van der Waals surface area contributed by atoms with Crippen LogP contribution in [0.4, 0.5) is 0 Å². The third kappa shape index (κ3) is 6.16. The van der Waals surface area contributed by atoms with Crippen molar-refractivity contribution in [3.05, 3.63) is 243 Å². The molecule has 0 spiro atoms. The average Bonchev–Trinajstić information content (AvgIpc) is 4.07. The van der Waals surface area contributed by atoms with E-state index >= 15 is 0 Å². The molecule has 14 aromatic rings. The van der Waals surface area contributed by atoms with E-state index in [1.165, 1.54) is 21.9 Å². The maximum absolute atomic E-state index is 5.48. The molecule has 0 aliphatic heterocycles. The van der Waals surface area contributed by atoms with E-state index in [0.717, 1.165) is 88.3 Å². The molecule has 322 valence electrons. The van der Waals surface area contributed by atoms with Crippen LogP contribution < -0.4 is 0 Å². The Kier molecular flexibility index (Phi) is 8.79. The number of hydrogen-bond donors (Lipinski definition) is 0. The quantitative estimate of drug-likeness (QED) is 0.160. The number of aromatic nitrogens is 6. The molecule has 0 fully saturated rings. The minimum atomic E-state index is 0.546. The monoisotopic (exact) mass is 880 g/mol. The number of fused-ring (bicyclic) bond motifs is 10. The fourth-order valence-corrected chi connectivity index (χ4v) is 10.6. The van der Waals surface area contributed by atoms with Gasteiger partial charge < -0.3 is 9.13 Å². The summed E-state index contributed by atoms with van der Waals surface area (Å²) < 4.78 is 7.22. The zero-order valence-corrected chi connectivity index (χ0v) is 37.3. The van der Waals surface area contributed by atoms with Gasteiger partial charge in [0.1, 0.15) is 0 Å². The highest BCUT2D eigenvalue weighted by Crippen LogP contribution is 2.46. The summed E-state index contributed by atoms with van der Waals surface area (Å²) in [6.07, 6.45) is 0. The SMILES string of the molecule is c1ccc(-c2ccc(-n3c4ccccc4c4c3c(-n3c5ccccc5c5ccccc53)cc3c5ccccc5n(-c5nc(-c6ccccc6)nc(-c6cccc(-c7ccccc7)c6)n5)c34)cc2)cc1. The smallest absolute Gasteiger partial charge is 0.238 e. The lowest BCUT2D eigenvalue weighted by atomic mass is 10.0. The van der Waals surface area contributed by atoms with E-state index in [9.17, 15) is 0 Å². The van der Waals surface area contributed by atoms with Crippen LogP contribution in [0.25, 0.3) is 128 Å². The highest BCUT2D eigenvalue weighted by Gasteiger charge is 2.27. The summed E-state index contributed by atoms with van der Waals surface area (Å²) in [7, 11) is 0. The third-order valence-electron chi connectivity index (χ3n) is 13.7. The molecule has 0 aliphatic carbocycles. The lowest BCUT2D eigenvalue weighted by Crippen LogP contribution is -2.07. The summed E-state index contributed by atoms with van der Waals surface area (Å²) in [6, 6.07) is 86.3. The molecule has 0 atom stereocenters. The van der Waals surface area contributed by atoms with Gasteiger partial charge in [0.15, 0.2) is 11.6 Å². The standard InChI is InChI=1S/C63H40N6/c1-4-19-41(20-5-1)43-35-37-47(38-36-43)67-56-34-17-13-30-51(56)58-59-52(40-57(60(58)67)68-53-31-14-10-27-48(53)49-28-11-15-32-54(49)68)50-29-12-16-33-55(50)69(59)63-65-61(44-23-8-3-9-24-44)64-62(66-63)46-26-18-25-45(39-46)42-21-6-2-7-22-42/h1-40H. The first-order valence-electron chi connectivity index (χ1n) is 23.4. The van der Waals surface area contributed by atoms with Crippen molar-refractivity contribution in [3.8, 4) is 62.4 Å². The summed E-state index contributed by atoms with van der Waals surface area (Å²) in [5.74, 6) is 1.75. The van der Waals surface area contributed by atoms with Gasteiger partial charge >= 0.3 is 0 Å². The molecule has 6 nitrogen and oxygen atoms in total. The molecular weight excluding hydrogens is 841 g/mol. The highest BCUT2D eigenvalue weighted by atomic mass is 15.2. The molecule has 10 aromatic carbocycles. The van der Waals surface area contributed by atoms with Crippen LogP contribution in [0, 0.1) is 0 Å². The molecule has 0 aliphatic rings. The zero-order chi connectivity index (χ0) is 45.4. The highest BCUT2D eigenvalue weighted by molar-refractivity contribution is 6.28. The molecule has 0 N–H and O–H groups in total. The molecule has 14 rings (SSSR count). The molecule has 0 amide bonds. The van der Waals surface area contributed by atoms with Crippen molar-refractivity contribution >= 4 is 65.4 Å². The van der Waals surface area contributed by atoms with Gasteiger partial charge in [-0.3, -0.25) is 4.57 Å². The van der Waals surface area contributed by atoms with Gasteiger partial charge in [0.25, 0.3) is 0 Å².